The number of amides is 2. The van der Waals surface area contributed by atoms with E-state index in [1.165, 1.54) is 0 Å². The van der Waals surface area contributed by atoms with Crippen molar-refractivity contribution in [1.82, 2.24) is 19.6 Å². The lowest BCUT2D eigenvalue weighted by atomic mass is 10.3. The third kappa shape index (κ3) is 3.95. The molecule has 2 aromatic rings. The Hall–Kier alpha value is -2.08. The minimum atomic E-state index is -0.401. The molecule has 0 radical (unpaired) electrons. The first-order valence-corrected chi connectivity index (χ1v) is 7.08. The zero-order valence-electron chi connectivity index (χ0n) is 12.7. The second-order valence-corrected chi connectivity index (χ2v) is 5.35. The van der Waals surface area contributed by atoms with E-state index in [1.54, 1.807) is 18.9 Å². The number of aromatic nitrogens is 2. The molecule has 2 rings (SSSR count). The number of nitrogens with one attached hydrogen (secondary N) is 1. The van der Waals surface area contributed by atoms with Crippen LogP contribution >= 0.6 is 0 Å². The van der Waals surface area contributed by atoms with Crippen LogP contribution in [-0.4, -0.2) is 45.1 Å². The molecule has 0 fully saturated rings. The topological polar surface area (TPSA) is 69.9 Å². The van der Waals surface area contributed by atoms with Gasteiger partial charge in [0.15, 0.2) is 0 Å². The van der Waals surface area contributed by atoms with E-state index in [0.717, 1.165) is 17.0 Å². The fraction of sp³-hybridized carbons (Fsp3) is 0.467. The third-order valence-electron chi connectivity index (χ3n) is 3.40. The SMILES string of the molecule is Cc1cccc2nc(CNC(=O)N(C)CCC(C)O)cn12. The molecule has 114 valence electrons. The van der Waals surface area contributed by atoms with E-state index >= 15 is 0 Å². The van der Waals surface area contributed by atoms with Gasteiger partial charge < -0.3 is 19.7 Å². The molecule has 2 aromatic heterocycles. The summed E-state index contributed by atoms with van der Waals surface area (Å²) in [4.78, 5) is 17.9. The van der Waals surface area contributed by atoms with Crippen molar-refractivity contribution >= 4 is 11.7 Å². The highest BCUT2D eigenvalue weighted by Gasteiger charge is 2.10. The number of carbonyl (C=O) groups excluding carboxylic acids is 1. The molecular formula is C15H22N4O2. The lowest BCUT2D eigenvalue weighted by Gasteiger charge is -2.18. The molecule has 6 nitrogen and oxygen atoms in total. The summed E-state index contributed by atoms with van der Waals surface area (Å²) in [5.74, 6) is 0. The summed E-state index contributed by atoms with van der Waals surface area (Å²) in [5, 5.41) is 12.1. The number of fused-ring (bicyclic) bond motifs is 1. The number of aliphatic hydroxyl groups is 1. The Labute approximate surface area is 124 Å². The zero-order valence-corrected chi connectivity index (χ0v) is 12.7. The maximum atomic E-state index is 11.9. The van der Waals surface area contributed by atoms with Crippen molar-refractivity contribution in [1.29, 1.82) is 0 Å². The van der Waals surface area contributed by atoms with Gasteiger partial charge in [-0.05, 0) is 32.4 Å². The van der Waals surface area contributed by atoms with Gasteiger partial charge in [-0.15, -0.1) is 0 Å². The molecule has 1 unspecified atom stereocenters. The molecule has 1 atom stereocenters. The van der Waals surface area contributed by atoms with Crippen molar-refractivity contribution in [3.8, 4) is 0 Å². The van der Waals surface area contributed by atoms with Crippen LogP contribution in [0.4, 0.5) is 4.79 Å². The number of carbonyl (C=O) groups is 1. The summed E-state index contributed by atoms with van der Waals surface area (Å²) in [7, 11) is 1.71. The van der Waals surface area contributed by atoms with Gasteiger partial charge in [-0.25, -0.2) is 9.78 Å². The second kappa shape index (κ2) is 6.58. The first-order valence-electron chi connectivity index (χ1n) is 7.08. The Morgan fingerprint density at radius 1 is 1.52 bits per heavy atom. The average molecular weight is 290 g/mol. The Balaban J connectivity index is 1.92. The van der Waals surface area contributed by atoms with Crippen molar-refractivity contribution in [3.05, 3.63) is 35.8 Å². The molecule has 6 heteroatoms. The van der Waals surface area contributed by atoms with Crippen LogP contribution in [0.25, 0.3) is 5.65 Å². The molecule has 0 aromatic carbocycles. The average Bonchev–Trinajstić information content (AvgIpc) is 2.86. The van der Waals surface area contributed by atoms with Crippen LogP contribution in [0.3, 0.4) is 0 Å². The number of urea groups is 1. The van der Waals surface area contributed by atoms with Gasteiger partial charge in [0.05, 0.1) is 18.3 Å². The van der Waals surface area contributed by atoms with E-state index < -0.39 is 6.10 Å². The summed E-state index contributed by atoms with van der Waals surface area (Å²) >= 11 is 0. The van der Waals surface area contributed by atoms with E-state index in [4.69, 9.17) is 0 Å². The van der Waals surface area contributed by atoms with Crippen molar-refractivity contribution in [2.45, 2.75) is 32.9 Å². The van der Waals surface area contributed by atoms with Crippen LogP contribution in [-0.2, 0) is 6.54 Å². The van der Waals surface area contributed by atoms with E-state index in [9.17, 15) is 9.90 Å². The predicted octanol–water partition coefficient (Wildman–Crippen LogP) is 1.56. The molecule has 2 heterocycles. The number of aryl methyl sites for hydroxylation is 1. The van der Waals surface area contributed by atoms with Gasteiger partial charge in [-0.2, -0.15) is 0 Å². The standard InChI is InChI=1S/C15H22N4O2/c1-11-5-4-6-14-17-13(10-19(11)14)9-16-15(21)18(3)8-7-12(2)20/h4-6,10,12,20H,7-9H2,1-3H3,(H,16,21). The van der Waals surface area contributed by atoms with E-state index in [1.807, 2.05) is 35.7 Å². The summed E-state index contributed by atoms with van der Waals surface area (Å²) in [6.45, 7) is 4.64. The predicted molar refractivity (Wildman–Crippen MR) is 81.1 cm³/mol. The maximum Gasteiger partial charge on any atom is 0.317 e. The molecule has 0 aliphatic rings. The molecule has 0 aliphatic heterocycles. The molecular weight excluding hydrogens is 268 g/mol. The van der Waals surface area contributed by atoms with Crippen LogP contribution < -0.4 is 5.32 Å². The van der Waals surface area contributed by atoms with Crippen molar-refractivity contribution in [2.75, 3.05) is 13.6 Å². The molecule has 0 bridgehead atoms. The summed E-state index contributed by atoms with van der Waals surface area (Å²) in [6.07, 6.45) is 2.10. The molecule has 2 N–H and O–H groups in total. The quantitative estimate of drug-likeness (QED) is 0.878. The van der Waals surface area contributed by atoms with Gasteiger partial charge in [-0.3, -0.25) is 0 Å². The lowest BCUT2D eigenvalue weighted by molar-refractivity contribution is 0.163. The molecule has 0 spiro atoms. The summed E-state index contributed by atoms with van der Waals surface area (Å²) in [6, 6.07) is 5.75. The van der Waals surface area contributed by atoms with Gasteiger partial charge in [-0.1, -0.05) is 6.07 Å². The van der Waals surface area contributed by atoms with E-state index in [-0.39, 0.29) is 6.03 Å². The third-order valence-corrected chi connectivity index (χ3v) is 3.40. The van der Waals surface area contributed by atoms with Crippen LogP contribution in [0.1, 0.15) is 24.7 Å². The first-order chi connectivity index (χ1) is 9.97. The smallest absolute Gasteiger partial charge is 0.317 e. The van der Waals surface area contributed by atoms with E-state index in [2.05, 4.69) is 10.3 Å². The largest absolute Gasteiger partial charge is 0.393 e. The Morgan fingerprint density at radius 3 is 2.95 bits per heavy atom. The highest BCUT2D eigenvalue weighted by molar-refractivity contribution is 5.73. The van der Waals surface area contributed by atoms with Crippen molar-refractivity contribution in [3.63, 3.8) is 0 Å². The fourth-order valence-electron chi connectivity index (χ4n) is 2.07. The monoisotopic (exact) mass is 290 g/mol. The van der Waals surface area contributed by atoms with Gasteiger partial charge in [0.25, 0.3) is 0 Å². The summed E-state index contributed by atoms with van der Waals surface area (Å²) in [5.41, 5.74) is 2.80. The summed E-state index contributed by atoms with van der Waals surface area (Å²) < 4.78 is 2.00. The lowest BCUT2D eigenvalue weighted by Crippen LogP contribution is -2.38. The number of rotatable bonds is 5. The number of nitrogens with zero attached hydrogens (tertiary/aromatic N) is 3. The minimum Gasteiger partial charge on any atom is -0.393 e. The maximum absolute atomic E-state index is 11.9. The number of aliphatic hydroxyl groups excluding tert-OH is 1. The zero-order chi connectivity index (χ0) is 15.4. The molecule has 21 heavy (non-hydrogen) atoms. The first kappa shape index (κ1) is 15.3. The highest BCUT2D eigenvalue weighted by Crippen LogP contribution is 2.08. The van der Waals surface area contributed by atoms with Crippen molar-refractivity contribution < 1.29 is 9.90 Å². The van der Waals surface area contributed by atoms with Gasteiger partial charge >= 0.3 is 6.03 Å². The second-order valence-electron chi connectivity index (χ2n) is 5.35. The van der Waals surface area contributed by atoms with Crippen molar-refractivity contribution in [2.24, 2.45) is 0 Å². The van der Waals surface area contributed by atoms with Crippen LogP contribution in [0.15, 0.2) is 24.4 Å². The van der Waals surface area contributed by atoms with Crippen LogP contribution in [0.5, 0.6) is 0 Å². The highest BCUT2D eigenvalue weighted by atomic mass is 16.3. The Bertz CT molecular complexity index is 621. The van der Waals surface area contributed by atoms with Crippen LogP contribution in [0.2, 0.25) is 0 Å². The normalized spacial score (nSPS) is 12.4. The van der Waals surface area contributed by atoms with Gasteiger partial charge in [0, 0.05) is 25.5 Å². The molecule has 0 aliphatic carbocycles. The van der Waals surface area contributed by atoms with Gasteiger partial charge in [0.2, 0.25) is 0 Å². The molecule has 0 saturated carbocycles. The number of pyridine rings is 1. The Kier molecular flexibility index (Phi) is 4.80. The van der Waals surface area contributed by atoms with Crippen LogP contribution in [0, 0.1) is 6.92 Å². The fourth-order valence-corrected chi connectivity index (χ4v) is 2.07. The van der Waals surface area contributed by atoms with E-state index in [0.29, 0.717) is 19.5 Å². The van der Waals surface area contributed by atoms with Gasteiger partial charge in [0.1, 0.15) is 5.65 Å². The minimum absolute atomic E-state index is 0.163. The number of hydrogen-bond donors (Lipinski definition) is 2. The Morgan fingerprint density at radius 2 is 2.29 bits per heavy atom. The number of imidazole rings is 1. The molecule has 2 amide bonds. The number of hydrogen-bond acceptors (Lipinski definition) is 3. The molecule has 0 saturated heterocycles.